The zero-order valence-corrected chi connectivity index (χ0v) is 14.6. The van der Waals surface area contributed by atoms with Gasteiger partial charge in [-0.25, -0.2) is 13.2 Å². The van der Waals surface area contributed by atoms with Crippen molar-refractivity contribution in [3.8, 4) is 0 Å². The third kappa shape index (κ3) is 2.87. The van der Waals surface area contributed by atoms with Gasteiger partial charge in [-0.2, -0.15) is 4.31 Å². The maximum Gasteiger partial charge on any atom is 0.326 e. The fourth-order valence-corrected chi connectivity index (χ4v) is 4.92. The largest absolute Gasteiger partial charge is 0.326 e. The Labute approximate surface area is 149 Å². The Morgan fingerprint density at radius 2 is 1.77 bits per heavy atom. The Kier molecular flexibility index (Phi) is 4.01. The number of H-pyrrole nitrogens is 2. The summed E-state index contributed by atoms with van der Waals surface area (Å²) in [5.74, 6) is 0.159. The second-order valence-corrected chi connectivity index (χ2v) is 8.31. The molecule has 26 heavy (non-hydrogen) atoms. The maximum absolute atomic E-state index is 13.0. The zero-order valence-electron chi connectivity index (χ0n) is 13.8. The molecular weight excluding hydrogens is 354 g/mol. The van der Waals surface area contributed by atoms with E-state index in [4.69, 9.17) is 0 Å². The molecule has 1 aliphatic heterocycles. The van der Waals surface area contributed by atoms with E-state index in [1.54, 1.807) is 0 Å². The molecule has 1 saturated heterocycles. The minimum atomic E-state index is -3.71. The monoisotopic (exact) mass is 371 g/mol. The van der Waals surface area contributed by atoms with Gasteiger partial charge in [-0.15, -0.1) is 0 Å². The number of hydrogen-bond donors (Lipinski definition) is 2. The van der Waals surface area contributed by atoms with Crippen molar-refractivity contribution in [3.05, 3.63) is 74.9 Å². The second kappa shape index (κ2) is 6.22. The molecular formula is C18H17N3O4S. The minimum Gasteiger partial charge on any atom is -0.307 e. The van der Waals surface area contributed by atoms with E-state index in [1.165, 1.54) is 22.5 Å². The number of nitrogens with one attached hydrogen (secondary N) is 2. The van der Waals surface area contributed by atoms with Gasteiger partial charge in [0, 0.05) is 13.1 Å². The molecule has 3 aromatic rings. The number of hydrogen-bond acceptors (Lipinski definition) is 4. The zero-order chi connectivity index (χ0) is 18.3. The first-order valence-electron chi connectivity index (χ1n) is 8.26. The summed E-state index contributed by atoms with van der Waals surface area (Å²) in [5.41, 5.74) is 0.201. The third-order valence-electron chi connectivity index (χ3n) is 4.77. The number of aromatic nitrogens is 2. The van der Waals surface area contributed by atoms with Crippen LogP contribution in [0.3, 0.4) is 0 Å². The lowest BCUT2D eigenvalue weighted by Gasteiger charge is -2.17. The van der Waals surface area contributed by atoms with E-state index in [9.17, 15) is 18.0 Å². The summed E-state index contributed by atoms with van der Waals surface area (Å²) < 4.78 is 27.4. The van der Waals surface area contributed by atoms with Crippen LogP contribution in [0.5, 0.6) is 0 Å². The lowest BCUT2D eigenvalue weighted by Crippen LogP contribution is -2.29. The molecule has 2 N–H and O–H groups in total. The molecule has 8 heteroatoms. The first kappa shape index (κ1) is 16.7. The molecule has 1 aromatic heterocycles. The summed E-state index contributed by atoms with van der Waals surface area (Å²) in [7, 11) is -3.71. The van der Waals surface area contributed by atoms with Gasteiger partial charge in [-0.3, -0.25) is 9.78 Å². The van der Waals surface area contributed by atoms with Crippen LogP contribution in [-0.2, 0) is 10.0 Å². The molecule has 1 aliphatic rings. The number of benzene rings is 2. The highest BCUT2D eigenvalue weighted by atomic mass is 32.2. The summed E-state index contributed by atoms with van der Waals surface area (Å²) in [6.45, 7) is 0.842. The van der Waals surface area contributed by atoms with E-state index in [0.29, 0.717) is 18.6 Å². The van der Waals surface area contributed by atoms with Crippen molar-refractivity contribution >= 4 is 20.9 Å². The van der Waals surface area contributed by atoms with E-state index in [0.717, 1.165) is 12.0 Å². The highest BCUT2D eigenvalue weighted by Gasteiger charge is 2.33. The van der Waals surface area contributed by atoms with Crippen molar-refractivity contribution < 1.29 is 8.42 Å². The van der Waals surface area contributed by atoms with Crippen molar-refractivity contribution in [2.45, 2.75) is 17.2 Å². The summed E-state index contributed by atoms with van der Waals surface area (Å²) >= 11 is 0. The van der Waals surface area contributed by atoms with E-state index in [1.807, 2.05) is 30.3 Å². The average Bonchev–Trinajstić information content (AvgIpc) is 3.13. The highest BCUT2D eigenvalue weighted by molar-refractivity contribution is 7.89. The molecule has 7 nitrogen and oxygen atoms in total. The van der Waals surface area contributed by atoms with Crippen LogP contribution >= 0.6 is 0 Å². The maximum atomic E-state index is 13.0. The molecule has 4 rings (SSSR count). The molecule has 0 spiro atoms. The van der Waals surface area contributed by atoms with E-state index < -0.39 is 21.3 Å². The predicted molar refractivity (Wildman–Crippen MR) is 97.7 cm³/mol. The first-order chi connectivity index (χ1) is 12.4. The van der Waals surface area contributed by atoms with Gasteiger partial charge >= 0.3 is 5.69 Å². The average molecular weight is 371 g/mol. The normalized spacial score (nSPS) is 18.4. The highest BCUT2D eigenvalue weighted by Crippen LogP contribution is 2.31. The van der Waals surface area contributed by atoms with Crippen molar-refractivity contribution in [1.82, 2.24) is 14.3 Å². The summed E-state index contributed by atoms with van der Waals surface area (Å²) in [5, 5.41) is 0.143. The number of aromatic amines is 2. The lowest BCUT2D eigenvalue weighted by molar-refractivity contribution is 0.473. The van der Waals surface area contributed by atoms with Crippen molar-refractivity contribution in [2.75, 3.05) is 13.1 Å². The van der Waals surface area contributed by atoms with Gasteiger partial charge in [0.25, 0.3) is 5.56 Å². The molecule has 1 atom stereocenters. The molecule has 2 aromatic carbocycles. The van der Waals surface area contributed by atoms with E-state index >= 15 is 0 Å². The molecule has 0 amide bonds. The van der Waals surface area contributed by atoms with Crippen LogP contribution in [0.25, 0.3) is 10.9 Å². The standard InChI is InChI=1S/C18H17N3O4S/c22-17-15-10-14(6-7-16(15)19-18(23)20-17)26(24,25)21-9-8-13(11-21)12-4-2-1-3-5-12/h1-7,10,13H,8-9,11H2,(H2,19,20,22,23). The summed E-state index contributed by atoms with van der Waals surface area (Å²) in [4.78, 5) is 27.9. The van der Waals surface area contributed by atoms with Crippen LogP contribution in [0.1, 0.15) is 17.9 Å². The first-order valence-corrected chi connectivity index (χ1v) is 9.70. The number of rotatable bonds is 3. The third-order valence-corrected chi connectivity index (χ3v) is 6.63. The van der Waals surface area contributed by atoms with Gasteiger partial charge in [0.2, 0.25) is 10.0 Å². The van der Waals surface area contributed by atoms with E-state index in [2.05, 4.69) is 9.97 Å². The van der Waals surface area contributed by atoms with Crippen LogP contribution in [-0.4, -0.2) is 35.8 Å². The fourth-order valence-electron chi connectivity index (χ4n) is 3.40. The SMILES string of the molecule is O=c1[nH]c(=O)c2cc(S(=O)(=O)N3CCC(c4ccccc4)C3)ccc2[nH]1. The van der Waals surface area contributed by atoms with Crippen molar-refractivity contribution in [1.29, 1.82) is 0 Å². The van der Waals surface area contributed by atoms with Gasteiger partial charge in [0.05, 0.1) is 15.8 Å². The molecule has 134 valence electrons. The van der Waals surface area contributed by atoms with Gasteiger partial charge in [0.15, 0.2) is 0 Å². The Hall–Kier alpha value is -2.71. The van der Waals surface area contributed by atoms with E-state index in [-0.39, 0.29) is 16.2 Å². The van der Waals surface area contributed by atoms with Crippen molar-refractivity contribution in [3.63, 3.8) is 0 Å². The van der Waals surface area contributed by atoms with Crippen LogP contribution in [0.15, 0.2) is 63.0 Å². The Morgan fingerprint density at radius 1 is 1.00 bits per heavy atom. The van der Waals surface area contributed by atoms with Gasteiger partial charge in [-0.05, 0) is 36.1 Å². The number of fused-ring (bicyclic) bond motifs is 1. The predicted octanol–water partition coefficient (Wildman–Crippen LogP) is 1.39. The summed E-state index contributed by atoms with van der Waals surface area (Å²) in [6.07, 6.45) is 0.755. The molecule has 1 fully saturated rings. The Bertz CT molecular complexity index is 1180. The molecule has 0 bridgehead atoms. The number of sulfonamides is 1. The molecule has 0 aliphatic carbocycles. The molecule has 2 heterocycles. The Morgan fingerprint density at radius 3 is 2.54 bits per heavy atom. The van der Waals surface area contributed by atoms with Crippen molar-refractivity contribution in [2.24, 2.45) is 0 Å². The minimum absolute atomic E-state index is 0.0521. The van der Waals surface area contributed by atoms with Gasteiger partial charge in [-0.1, -0.05) is 30.3 Å². The quantitative estimate of drug-likeness (QED) is 0.726. The number of nitrogens with zero attached hydrogens (tertiary/aromatic N) is 1. The van der Waals surface area contributed by atoms with Crippen LogP contribution in [0.4, 0.5) is 0 Å². The second-order valence-electron chi connectivity index (χ2n) is 6.37. The lowest BCUT2D eigenvalue weighted by atomic mass is 9.99. The fraction of sp³-hybridized carbons (Fsp3) is 0.222. The van der Waals surface area contributed by atoms with Crippen LogP contribution < -0.4 is 11.2 Å². The molecule has 0 radical (unpaired) electrons. The smallest absolute Gasteiger partial charge is 0.307 e. The molecule has 0 saturated carbocycles. The Balaban J connectivity index is 1.68. The molecule has 1 unspecified atom stereocenters. The van der Waals surface area contributed by atoms with Gasteiger partial charge in [0.1, 0.15) is 0 Å². The van der Waals surface area contributed by atoms with Crippen LogP contribution in [0, 0.1) is 0 Å². The van der Waals surface area contributed by atoms with Crippen LogP contribution in [0.2, 0.25) is 0 Å². The summed E-state index contributed by atoms with van der Waals surface area (Å²) in [6, 6.07) is 14.0. The topological polar surface area (TPSA) is 103 Å². The van der Waals surface area contributed by atoms with Gasteiger partial charge < -0.3 is 4.98 Å².